The van der Waals surface area contributed by atoms with Gasteiger partial charge in [0.05, 0.1) is 24.2 Å². The summed E-state index contributed by atoms with van der Waals surface area (Å²) in [7, 11) is 0. The zero-order valence-electron chi connectivity index (χ0n) is 22.7. The van der Waals surface area contributed by atoms with Crippen molar-refractivity contribution in [3.05, 3.63) is 0 Å². The van der Waals surface area contributed by atoms with Crippen LogP contribution in [0.2, 0.25) is 0 Å². The van der Waals surface area contributed by atoms with E-state index in [1.54, 1.807) is 0 Å². The van der Waals surface area contributed by atoms with E-state index in [0.29, 0.717) is 17.4 Å². The van der Waals surface area contributed by atoms with Crippen LogP contribution >= 0.6 is 0 Å². The quantitative estimate of drug-likeness (QED) is 0.465. The van der Waals surface area contributed by atoms with Crippen molar-refractivity contribution in [2.75, 3.05) is 0 Å². The number of fused-ring (bicyclic) bond motifs is 4. The maximum Gasteiger partial charge on any atom is 0.0972 e. The minimum Gasteiger partial charge on any atom is -0.391 e. The van der Waals surface area contributed by atoms with Gasteiger partial charge in [-0.25, -0.2) is 0 Å². The maximum atomic E-state index is 12.1. The molecule has 1 aromatic heterocycles. The third kappa shape index (κ3) is 3.70. The Kier molecular flexibility index (Phi) is 6.10. The molecule has 6 atom stereocenters. The topological polar surface area (TPSA) is 35.0 Å². The van der Waals surface area contributed by atoms with Crippen molar-refractivity contribution in [3.8, 4) is 0 Å². The molecule has 1 aromatic rings. The van der Waals surface area contributed by atoms with Gasteiger partial charge in [-0.2, -0.15) is 14.4 Å². The molecule has 0 amide bonds. The molecule has 5 aliphatic rings. The van der Waals surface area contributed by atoms with Crippen LogP contribution in [-0.4, -0.2) is 25.6 Å². The average Bonchev–Trinajstić information content (AvgIpc) is 3.52. The molecule has 6 unspecified atom stereocenters. The highest BCUT2D eigenvalue weighted by Gasteiger charge is 2.57. The smallest absolute Gasteiger partial charge is 0.0972 e. The maximum absolute atomic E-state index is 12.1. The zero-order chi connectivity index (χ0) is 23.7. The number of hydrogen-bond acceptors (Lipinski definition) is 1. The third-order valence-corrected chi connectivity index (χ3v) is 12.4. The predicted molar refractivity (Wildman–Crippen MR) is 139 cm³/mol. The van der Waals surface area contributed by atoms with E-state index in [9.17, 15) is 5.11 Å². The molecule has 1 aliphatic heterocycles. The minimum absolute atomic E-state index is 0.192. The van der Waals surface area contributed by atoms with E-state index in [1.165, 1.54) is 103 Å². The number of aliphatic hydroxyl groups is 1. The first-order valence-electron chi connectivity index (χ1n) is 15.4. The first-order chi connectivity index (χ1) is 16.3. The summed E-state index contributed by atoms with van der Waals surface area (Å²) in [6, 6.07) is 1.76. The van der Waals surface area contributed by atoms with Crippen molar-refractivity contribution >= 4 is 0 Å². The van der Waals surface area contributed by atoms with Crippen LogP contribution < -0.4 is 0 Å². The second-order valence-corrected chi connectivity index (χ2v) is 14.5. The van der Waals surface area contributed by atoms with E-state index in [0.717, 1.165) is 29.8 Å². The van der Waals surface area contributed by atoms with Crippen molar-refractivity contribution in [3.63, 3.8) is 0 Å². The predicted octanol–water partition coefficient (Wildman–Crippen LogP) is 7.90. The molecular formula is C30H53N3O. The molecule has 4 nitrogen and oxygen atoms in total. The van der Waals surface area contributed by atoms with Gasteiger partial charge in [-0.05, 0) is 85.9 Å². The van der Waals surface area contributed by atoms with Crippen LogP contribution in [0.15, 0.2) is 0 Å². The second-order valence-electron chi connectivity index (χ2n) is 14.5. The summed E-state index contributed by atoms with van der Waals surface area (Å²) in [6.07, 6.45) is 21.9. The fourth-order valence-corrected chi connectivity index (χ4v) is 9.78. The summed E-state index contributed by atoms with van der Waals surface area (Å²) >= 11 is 0. The monoisotopic (exact) mass is 471 g/mol. The van der Waals surface area contributed by atoms with Crippen LogP contribution in [0.5, 0.6) is 0 Å². The molecule has 6 rings (SSSR count). The van der Waals surface area contributed by atoms with Crippen LogP contribution in [0.25, 0.3) is 0 Å². The molecule has 0 radical (unpaired) electrons. The Balaban J connectivity index is 1.30. The molecule has 2 heterocycles. The molecule has 4 saturated carbocycles. The van der Waals surface area contributed by atoms with Crippen molar-refractivity contribution < 1.29 is 5.11 Å². The standard InChI is InChI=1S/C30H53N3O/c1-29(2,21-13-7-5-8-14-21)23-19-24(30(3,4)22-15-9-6-10-16-22)28(34)27(20-23)33-31-25-17-11-12-18-26(25)32(31)33/h21-28,34H,5-20H2,1-4H3. The van der Waals surface area contributed by atoms with Crippen molar-refractivity contribution in [1.29, 1.82) is 0 Å². The van der Waals surface area contributed by atoms with Crippen molar-refractivity contribution in [1.82, 2.24) is 14.4 Å². The van der Waals surface area contributed by atoms with E-state index in [-0.39, 0.29) is 11.5 Å². The Bertz CT molecular complexity index is 806. The molecule has 1 N–H and O–H groups in total. The number of aromatic nitrogens is 3. The third-order valence-electron chi connectivity index (χ3n) is 12.4. The van der Waals surface area contributed by atoms with Gasteiger partial charge in [-0.3, -0.25) is 0 Å². The number of hydrogen-bond donors (Lipinski definition) is 1. The first kappa shape index (κ1) is 23.7. The summed E-state index contributed by atoms with van der Waals surface area (Å²) < 4.78 is 0. The number of rotatable bonds is 5. The summed E-state index contributed by atoms with van der Waals surface area (Å²) in [5.74, 6) is 2.80. The van der Waals surface area contributed by atoms with Crippen LogP contribution in [-0.2, 0) is 0 Å². The fraction of sp³-hybridized carbons (Fsp3) is 1.00. The minimum atomic E-state index is -0.192. The molecule has 0 aromatic carbocycles. The van der Waals surface area contributed by atoms with Gasteiger partial charge in [0.15, 0.2) is 0 Å². The van der Waals surface area contributed by atoms with Crippen LogP contribution in [0.1, 0.15) is 149 Å². The molecule has 4 fully saturated rings. The van der Waals surface area contributed by atoms with Gasteiger partial charge in [-0.15, -0.1) is 0 Å². The molecule has 0 spiro atoms. The van der Waals surface area contributed by atoms with Crippen molar-refractivity contribution in [2.45, 2.75) is 155 Å². The van der Waals surface area contributed by atoms with Gasteiger partial charge in [0.1, 0.15) is 0 Å². The second kappa shape index (κ2) is 8.73. The Labute approximate surface area is 208 Å². The van der Waals surface area contributed by atoms with Crippen LogP contribution in [0.4, 0.5) is 0 Å². The summed E-state index contributed by atoms with van der Waals surface area (Å²) in [5, 5.41) is 12.1. The number of aliphatic hydroxyl groups excluding tert-OH is 1. The van der Waals surface area contributed by atoms with Gasteiger partial charge in [0.2, 0.25) is 0 Å². The van der Waals surface area contributed by atoms with Gasteiger partial charge in [0.25, 0.3) is 0 Å². The first-order valence-corrected chi connectivity index (χ1v) is 15.4. The Morgan fingerprint density at radius 1 is 0.500 bits per heavy atom. The van der Waals surface area contributed by atoms with E-state index in [4.69, 9.17) is 0 Å². The van der Waals surface area contributed by atoms with Crippen LogP contribution in [0, 0.1) is 34.5 Å². The number of nitrogens with zero attached hydrogens (tertiary/aromatic N) is 3. The molecular weight excluding hydrogens is 418 g/mol. The van der Waals surface area contributed by atoms with Gasteiger partial charge in [-0.1, -0.05) is 79.1 Å². The Morgan fingerprint density at radius 3 is 1.47 bits per heavy atom. The molecule has 34 heavy (non-hydrogen) atoms. The Hall–Kier alpha value is -0.640. The SMILES string of the molecule is CC(C)(C1CCCCC1)C1CC(n2n3n2C2CCCCC23)C(O)C(C(C)(C)C2CCCCC2)C1. The highest BCUT2D eigenvalue weighted by Crippen LogP contribution is 2.59. The van der Waals surface area contributed by atoms with Crippen LogP contribution in [0.3, 0.4) is 0 Å². The summed E-state index contributed by atoms with van der Waals surface area (Å²) in [5.41, 5.74) is 0.609. The largest absolute Gasteiger partial charge is 0.391 e. The zero-order valence-corrected chi connectivity index (χ0v) is 22.7. The lowest BCUT2D eigenvalue weighted by atomic mass is 9.53. The molecule has 0 saturated heterocycles. The summed E-state index contributed by atoms with van der Waals surface area (Å²) in [6.45, 7) is 10.3. The fourth-order valence-electron chi connectivity index (χ4n) is 9.78. The average molecular weight is 472 g/mol. The lowest BCUT2D eigenvalue weighted by molar-refractivity contribution is -0.102. The van der Waals surface area contributed by atoms with E-state index >= 15 is 0 Å². The summed E-state index contributed by atoms with van der Waals surface area (Å²) in [4.78, 5) is 7.72. The van der Waals surface area contributed by atoms with E-state index in [1.807, 2.05) is 0 Å². The van der Waals surface area contributed by atoms with Gasteiger partial charge < -0.3 is 5.11 Å². The Morgan fingerprint density at radius 2 is 0.941 bits per heavy atom. The van der Waals surface area contributed by atoms with E-state index < -0.39 is 0 Å². The molecule has 4 aliphatic carbocycles. The highest BCUT2D eigenvalue weighted by molar-refractivity contribution is 5.05. The normalized spacial score (nSPS) is 38.4. The molecule has 194 valence electrons. The van der Waals surface area contributed by atoms with Gasteiger partial charge in [0, 0.05) is 0 Å². The van der Waals surface area contributed by atoms with E-state index in [2.05, 4.69) is 42.1 Å². The van der Waals surface area contributed by atoms with Gasteiger partial charge >= 0.3 is 0 Å². The van der Waals surface area contributed by atoms with Crippen molar-refractivity contribution in [2.24, 2.45) is 34.5 Å². The lowest BCUT2D eigenvalue weighted by Crippen LogP contribution is -2.51. The lowest BCUT2D eigenvalue weighted by Gasteiger charge is -2.54. The molecule has 4 heteroatoms. The molecule has 0 bridgehead atoms. The highest BCUT2D eigenvalue weighted by atomic mass is 16.3.